The van der Waals surface area contributed by atoms with Crippen LogP contribution in [0.4, 0.5) is 5.69 Å². The molecule has 0 saturated heterocycles. The first kappa shape index (κ1) is 18.8. The molecule has 7 heteroatoms. The molecular formula is C22H21N2O5+. The standard InChI is InChI=1S/C22H20N2O5/c1-14(25)16-10-19-20(29-13-28-19)11-17(16)24-21(26)12-23-22(18-8-5-9-27-18)15-6-3-2-4-7-15/h2-11,22-23H,12-13H2,1H3,(H,24,26)/p+1/t22-/m1/s1. The molecule has 0 saturated carbocycles. The van der Waals surface area contributed by atoms with Crippen LogP contribution in [0.15, 0.2) is 65.3 Å². The van der Waals surface area contributed by atoms with Gasteiger partial charge in [0.25, 0.3) is 5.91 Å². The maximum atomic E-state index is 12.6. The molecule has 0 spiro atoms. The van der Waals surface area contributed by atoms with E-state index in [1.54, 1.807) is 18.4 Å². The van der Waals surface area contributed by atoms with Crippen molar-refractivity contribution in [2.75, 3.05) is 18.7 Å². The highest BCUT2D eigenvalue weighted by molar-refractivity contribution is 6.04. The maximum Gasteiger partial charge on any atom is 0.279 e. The van der Waals surface area contributed by atoms with Gasteiger partial charge in [-0.3, -0.25) is 9.59 Å². The topological polar surface area (TPSA) is 94.4 Å². The molecule has 0 fully saturated rings. The number of rotatable bonds is 7. The Labute approximate surface area is 167 Å². The largest absolute Gasteiger partial charge is 0.463 e. The van der Waals surface area contributed by atoms with E-state index in [1.165, 1.54) is 6.92 Å². The number of anilines is 1. The molecule has 148 valence electrons. The summed E-state index contributed by atoms with van der Waals surface area (Å²) in [4.78, 5) is 24.6. The van der Waals surface area contributed by atoms with Gasteiger partial charge in [0, 0.05) is 17.2 Å². The molecule has 1 aliphatic heterocycles. The fourth-order valence-corrected chi connectivity index (χ4v) is 3.31. The molecule has 7 nitrogen and oxygen atoms in total. The van der Waals surface area contributed by atoms with E-state index in [9.17, 15) is 9.59 Å². The van der Waals surface area contributed by atoms with E-state index in [0.29, 0.717) is 22.7 Å². The number of quaternary nitrogens is 1. The average molecular weight is 393 g/mol. The Balaban J connectivity index is 1.49. The van der Waals surface area contributed by atoms with Crippen molar-refractivity contribution in [2.45, 2.75) is 13.0 Å². The van der Waals surface area contributed by atoms with Gasteiger partial charge in [-0.25, -0.2) is 0 Å². The third-order valence-electron chi connectivity index (χ3n) is 4.71. The van der Waals surface area contributed by atoms with Crippen LogP contribution in [-0.4, -0.2) is 25.0 Å². The van der Waals surface area contributed by atoms with Gasteiger partial charge in [-0.1, -0.05) is 30.3 Å². The number of hydrogen-bond acceptors (Lipinski definition) is 5. The summed E-state index contributed by atoms with van der Waals surface area (Å²) in [6.45, 7) is 1.69. The van der Waals surface area contributed by atoms with Crippen LogP contribution in [0.5, 0.6) is 11.5 Å². The fourth-order valence-electron chi connectivity index (χ4n) is 3.31. The Morgan fingerprint density at radius 2 is 1.83 bits per heavy atom. The molecule has 0 unspecified atom stereocenters. The molecule has 1 aliphatic rings. The Morgan fingerprint density at radius 1 is 1.07 bits per heavy atom. The smallest absolute Gasteiger partial charge is 0.279 e. The van der Waals surface area contributed by atoms with Gasteiger partial charge in [-0.05, 0) is 25.1 Å². The van der Waals surface area contributed by atoms with Crippen molar-refractivity contribution in [1.82, 2.24) is 0 Å². The van der Waals surface area contributed by atoms with Gasteiger partial charge in [0.2, 0.25) is 6.79 Å². The average Bonchev–Trinajstić information content (AvgIpc) is 3.40. The van der Waals surface area contributed by atoms with Crippen LogP contribution in [0.25, 0.3) is 0 Å². The molecule has 0 bridgehead atoms. The third kappa shape index (κ3) is 4.14. The number of benzene rings is 2. The van der Waals surface area contributed by atoms with Gasteiger partial charge >= 0.3 is 0 Å². The van der Waals surface area contributed by atoms with E-state index in [4.69, 9.17) is 13.9 Å². The number of furan rings is 1. The third-order valence-corrected chi connectivity index (χ3v) is 4.71. The van der Waals surface area contributed by atoms with E-state index >= 15 is 0 Å². The summed E-state index contributed by atoms with van der Waals surface area (Å²) in [5, 5.41) is 4.71. The van der Waals surface area contributed by atoms with Crippen LogP contribution in [0.3, 0.4) is 0 Å². The highest BCUT2D eigenvalue weighted by Crippen LogP contribution is 2.37. The molecule has 3 N–H and O–H groups in total. The molecule has 3 aromatic rings. The summed E-state index contributed by atoms with van der Waals surface area (Å²) < 4.78 is 16.2. The summed E-state index contributed by atoms with van der Waals surface area (Å²) in [5.74, 6) is 1.37. The number of carbonyl (C=O) groups excluding carboxylic acids is 2. The van der Waals surface area contributed by atoms with Crippen LogP contribution in [0.1, 0.15) is 34.6 Å². The summed E-state index contributed by atoms with van der Waals surface area (Å²) in [7, 11) is 0. The van der Waals surface area contributed by atoms with Crippen molar-refractivity contribution in [1.29, 1.82) is 0 Å². The van der Waals surface area contributed by atoms with Crippen LogP contribution in [-0.2, 0) is 4.79 Å². The van der Waals surface area contributed by atoms with Gasteiger partial charge in [0.05, 0.1) is 12.0 Å². The summed E-state index contributed by atoms with van der Waals surface area (Å²) in [6.07, 6.45) is 1.62. The minimum Gasteiger partial charge on any atom is -0.463 e. The first-order valence-corrected chi connectivity index (χ1v) is 9.28. The summed E-state index contributed by atoms with van der Waals surface area (Å²) in [6, 6.07) is 16.6. The van der Waals surface area contributed by atoms with Gasteiger partial charge in [-0.15, -0.1) is 0 Å². The zero-order valence-electron chi connectivity index (χ0n) is 15.9. The second-order valence-electron chi connectivity index (χ2n) is 6.70. The van der Waals surface area contributed by atoms with Gasteiger partial charge < -0.3 is 24.5 Å². The monoisotopic (exact) mass is 393 g/mol. The van der Waals surface area contributed by atoms with E-state index in [-0.39, 0.29) is 31.1 Å². The van der Waals surface area contributed by atoms with Crippen molar-refractivity contribution >= 4 is 17.4 Å². The molecule has 0 radical (unpaired) electrons. The molecule has 0 aliphatic carbocycles. The fraction of sp³-hybridized carbons (Fsp3) is 0.182. The van der Waals surface area contributed by atoms with E-state index in [1.807, 2.05) is 47.8 Å². The lowest BCUT2D eigenvalue weighted by atomic mass is 10.0. The van der Waals surface area contributed by atoms with Crippen molar-refractivity contribution in [3.8, 4) is 11.5 Å². The lowest BCUT2D eigenvalue weighted by Gasteiger charge is -2.15. The lowest BCUT2D eigenvalue weighted by Crippen LogP contribution is -2.87. The van der Waals surface area contributed by atoms with Crippen LogP contribution < -0.4 is 20.1 Å². The second kappa shape index (κ2) is 8.20. The minimum absolute atomic E-state index is 0.0970. The highest BCUT2D eigenvalue weighted by atomic mass is 16.7. The predicted octanol–water partition coefficient (Wildman–Crippen LogP) is 2.50. The van der Waals surface area contributed by atoms with Crippen LogP contribution >= 0.6 is 0 Å². The van der Waals surface area contributed by atoms with Gasteiger partial charge in [-0.2, -0.15) is 0 Å². The zero-order valence-corrected chi connectivity index (χ0v) is 15.9. The summed E-state index contributed by atoms with van der Waals surface area (Å²) in [5.41, 5.74) is 1.82. The highest BCUT2D eigenvalue weighted by Gasteiger charge is 2.23. The van der Waals surface area contributed by atoms with E-state index in [0.717, 1.165) is 11.3 Å². The Hall–Kier alpha value is -3.58. The Bertz CT molecular complexity index is 1020. The van der Waals surface area contributed by atoms with Crippen molar-refractivity contribution in [2.24, 2.45) is 0 Å². The number of fused-ring (bicyclic) bond motifs is 1. The van der Waals surface area contributed by atoms with Gasteiger partial charge in [0.1, 0.15) is 0 Å². The number of amides is 1. The van der Waals surface area contributed by atoms with E-state index in [2.05, 4.69) is 5.32 Å². The number of ether oxygens (including phenoxy) is 2. The van der Waals surface area contributed by atoms with Crippen molar-refractivity contribution < 1.29 is 28.8 Å². The molecular weight excluding hydrogens is 372 g/mol. The number of ketones is 1. The van der Waals surface area contributed by atoms with E-state index < -0.39 is 0 Å². The first-order valence-electron chi connectivity index (χ1n) is 9.28. The summed E-state index contributed by atoms with van der Waals surface area (Å²) >= 11 is 0. The predicted molar refractivity (Wildman–Crippen MR) is 105 cm³/mol. The Morgan fingerprint density at radius 3 is 2.52 bits per heavy atom. The molecule has 1 amide bonds. The molecule has 1 atom stereocenters. The van der Waals surface area contributed by atoms with Crippen LogP contribution in [0, 0.1) is 0 Å². The Kier molecular flexibility index (Phi) is 5.31. The van der Waals surface area contributed by atoms with Crippen LogP contribution in [0.2, 0.25) is 0 Å². The number of Topliss-reactive ketones (excluding diaryl/α,β-unsaturated/α-hetero) is 1. The zero-order chi connectivity index (χ0) is 20.2. The molecule has 2 aromatic carbocycles. The quantitative estimate of drug-likeness (QED) is 0.602. The molecule has 1 aromatic heterocycles. The lowest BCUT2D eigenvalue weighted by molar-refractivity contribution is -0.678. The molecule has 29 heavy (non-hydrogen) atoms. The van der Waals surface area contributed by atoms with Gasteiger partial charge in [0.15, 0.2) is 35.6 Å². The number of carbonyl (C=O) groups is 2. The van der Waals surface area contributed by atoms with Crippen molar-refractivity contribution in [3.63, 3.8) is 0 Å². The number of hydrogen-bond donors (Lipinski definition) is 2. The second-order valence-corrected chi connectivity index (χ2v) is 6.70. The molecule has 2 heterocycles. The maximum absolute atomic E-state index is 12.6. The normalized spacial score (nSPS) is 13.1. The van der Waals surface area contributed by atoms with Crippen molar-refractivity contribution in [3.05, 3.63) is 77.7 Å². The first-order chi connectivity index (χ1) is 14.1. The number of nitrogens with one attached hydrogen (secondary N) is 1. The number of nitrogens with two attached hydrogens (primary N) is 1. The molecule has 4 rings (SSSR count). The minimum atomic E-state index is -0.237. The SMILES string of the molecule is CC(=O)c1cc2c(cc1NC(=O)C[NH2+][C@H](c1ccccc1)c1ccco1)OCO2.